The molecule has 0 unspecified atom stereocenters. The second-order valence-corrected chi connectivity index (χ2v) is 7.36. The van der Waals surface area contributed by atoms with Crippen molar-refractivity contribution in [2.24, 2.45) is 0 Å². The van der Waals surface area contributed by atoms with Crippen molar-refractivity contribution in [3.05, 3.63) is 67.0 Å². The molecule has 9 heteroatoms. The molecule has 6 aromatic rings. The van der Waals surface area contributed by atoms with Crippen LogP contribution in [0.1, 0.15) is 0 Å². The summed E-state index contributed by atoms with van der Waals surface area (Å²) in [5, 5.41) is 16.1. The maximum atomic E-state index is 14.1. The third-order valence-corrected chi connectivity index (χ3v) is 5.42. The number of fused-ring (bicyclic) bond motifs is 2. The fraction of sp³-hybridized carbons (Fsp3) is 0.0435. The summed E-state index contributed by atoms with van der Waals surface area (Å²) in [7, 11) is 1.51. The number of benzene rings is 1. The summed E-state index contributed by atoms with van der Waals surface area (Å²) in [5.41, 5.74) is 6.23. The molecule has 156 valence electrons. The van der Waals surface area contributed by atoms with Crippen LogP contribution in [0.25, 0.3) is 55.7 Å². The molecular formula is C23H16FN7O. The molecule has 0 spiro atoms. The van der Waals surface area contributed by atoms with Gasteiger partial charge in [0.1, 0.15) is 17.3 Å². The highest BCUT2D eigenvalue weighted by Gasteiger charge is 2.16. The van der Waals surface area contributed by atoms with Crippen molar-refractivity contribution in [3.8, 4) is 39.7 Å². The highest BCUT2D eigenvalue weighted by Crippen LogP contribution is 2.34. The lowest BCUT2D eigenvalue weighted by atomic mass is 10.1. The number of ether oxygens (including phenoxy) is 1. The molecule has 0 fully saturated rings. The van der Waals surface area contributed by atoms with E-state index in [2.05, 4.69) is 35.3 Å². The van der Waals surface area contributed by atoms with Crippen LogP contribution in [0.5, 0.6) is 5.75 Å². The summed E-state index contributed by atoms with van der Waals surface area (Å²) in [6.45, 7) is 0. The number of methoxy groups -OCH3 is 1. The van der Waals surface area contributed by atoms with Crippen LogP contribution in [0.2, 0.25) is 0 Å². The molecule has 0 atom stereocenters. The molecule has 0 saturated heterocycles. The maximum absolute atomic E-state index is 14.1. The zero-order valence-electron chi connectivity index (χ0n) is 16.8. The van der Waals surface area contributed by atoms with E-state index in [0.717, 1.165) is 44.5 Å². The van der Waals surface area contributed by atoms with Gasteiger partial charge in [0, 0.05) is 45.9 Å². The van der Waals surface area contributed by atoms with Gasteiger partial charge in [-0.3, -0.25) is 20.2 Å². The van der Waals surface area contributed by atoms with E-state index in [-0.39, 0.29) is 5.82 Å². The SMILES string of the molecule is COc1cc(F)cc(-c2nccc3[nH]c(-c4n[nH]c5cnc(-c6cn[nH]c6)cc45)cc23)c1. The van der Waals surface area contributed by atoms with Crippen LogP contribution in [-0.4, -0.2) is 42.5 Å². The van der Waals surface area contributed by atoms with Crippen molar-refractivity contribution in [1.29, 1.82) is 0 Å². The molecule has 0 radical (unpaired) electrons. The number of H-pyrrole nitrogens is 3. The fourth-order valence-electron chi connectivity index (χ4n) is 3.90. The van der Waals surface area contributed by atoms with Crippen LogP contribution in [0.3, 0.4) is 0 Å². The third kappa shape index (κ3) is 2.90. The van der Waals surface area contributed by atoms with Gasteiger partial charge in [0.15, 0.2) is 0 Å². The van der Waals surface area contributed by atoms with Crippen LogP contribution < -0.4 is 4.74 Å². The quantitative estimate of drug-likeness (QED) is 0.379. The van der Waals surface area contributed by atoms with Crippen LogP contribution in [-0.2, 0) is 0 Å². The van der Waals surface area contributed by atoms with Gasteiger partial charge < -0.3 is 9.72 Å². The maximum Gasteiger partial charge on any atom is 0.127 e. The normalized spacial score (nSPS) is 11.4. The van der Waals surface area contributed by atoms with Crippen LogP contribution in [0, 0.1) is 5.82 Å². The Bertz CT molecular complexity index is 1580. The molecule has 0 aliphatic rings. The van der Waals surface area contributed by atoms with Crippen molar-refractivity contribution in [2.45, 2.75) is 0 Å². The molecule has 32 heavy (non-hydrogen) atoms. The molecular weight excluding hydrogens is 409 g/mol. The topological polar surface area (TPSA) is 108 Å². The highest BCUT2D eigenvalue weighted by molar-refractivity contribution is 6.00. The smallest absolute Gasteiger partial charge is 0.127 e. The Morgan fingerprint density at radius 2 is 1.81 bits per heavy atom. The second-order valence-electron chi connectivity index (χ2n) is 7.36. The van der Waals surface area contributed by atoms with Gasteiger partial charge in [0.2, 0.25) is 0 Å². The molecule has 0 amide bonds. The van der Waals surface area contributed by atoms with E-state index >= 15 is 0 Å². The Balaban J connectivity index is 1.51. The first-order chi connectivity index (χ1) is 15.7. The van der Waals surface area contributed by atoms with E-state index in [0.29, 0.717) is 17.0 Å². The monoisotopic (exact) mass is 425 g/mol. The van der Waals surface area contributed by atoms with E-state index in [1.165, 1.54) is 19.2 Å². The summed E-state index contributed by atoms with van der Waals surface area (Å²) < 4.78 is 19.3. The van der Waals surface area contributed by atoms with Crippen LogP contribution in [0.4, 0.5) is 4.39 Å². The summed E-state index contributed by atoms with van der Waals surface area (Å²) in [6, 6.07) is 10.4. The predicted octanol–water partition coefficient (Wildman–Crippen LogP) is 4.71. The summed E-state index contributed by atoms with van der Waals surface area (Å²) in [5.74, 6) is 0.0543. The van der Waals surface area contributed by atoms with E-state index in [4.69, 9.17) is 4.74 Å². The van der Waals surface area contributed by atoms with Gasteiger partial charge in [-0.15, -0.1) is 0 Å². The van der Waals surface area contributed by atoms with E-state index in [1.807, 2.05) is 18.2 Å². The van der Waals surface area contributed by atoms with E-state index in [1.54, 1.807) is 30.9 Å². The first-order valence-corrected chi connectivity index (χ1v) is 9.86. The van der Waals surface area contributed by atoms with Crippen molar-refractivity contribution >= 4 is 21.8 Å². The molecule has 5 heterocycles. The Hall–Kier alpha value is -4.53. The lowest BCUT2D eigenvalue weighted by Gasteiger charge is -2.06. The third-order valence-electron chi connectivity index (χ3n) is 5.42. The van der Waals surface area contributed by atoms with Crippen molar-refractivity contribution < 1.29 is 9.13 Å². The molecule has 0 aliphatic heterocycles. The molecule has 0 bridgehead atoms. The highest BCUT2D eigenvalue weighted by atomic mass is 19.1. The number of nitrogens with one attached hydrogen (secondary N) is 3. The Kier molecular flexibility index (Phi) is 4.00. The first kappa shape index (κ1) is 18.3. The Labute approximate surface area is 180 Å². The molecule has 6 rings (SSSR count). The van der Waals surface area contributed by atoms with Gasteiger partial charge in [-0.25, -0.2) is 4.39 Å². The standard InChI is InChI=1S/C23H16FN7O/c1-32-15-5-12(4-14(24)6-15)22-16-8-20(29-18(16)2-3-25-22)23-17-7-19(13-9-27-28-10-13)26-11-21(17)30-31-23/h2-11,29H,1H3,(H,27,28)(H,30,31). The molecule has 1 aromatic carbocycles. The number of rotatable bonds is 4. The van der Waals surface area contributed by atoms with Crippen molar-refractivity contribution in [1.82, 2.24) is 35.3 Å². The number of halogens is 1. The Morgan fingerprint density at radius 1 is 0.906 bits per heavy atom. The van der Waals surface area contributed by atoms with Gasteiger partial charge in [-0.05, 0) is 30.3 Å². The first-order valence-electron chi connectivity index (χ1n) is 9.86. The molecule has 8 nitrogen and oxygen atoms in total. The number of pyridine rings is 2. The number of nitrogens with zero attached hydrogens (tertiary/aromatic N) is 4. The van der Waals surface area contributed by atoms with Crippen LogP contribution in [0.15, 0.2) is 61.2 Å². The average Bonchev–Trinajstić information content (AvgIpc) is 3.56. The van der Waals surface area contributed by atoms with Gasteiger partial charge in [0.05, 0.1) is 42.1 Å². The van der Waals surface area contributed by atoms with Crippen LogP contribution >= 0.6 is 0 Å². The Morgan fingerprint density at radius 3 is 2.66 bits per heavy atom. The molecule has 0 aliphatic carbocycles. The van der Waals surface area contributed by atoms with Crippen molar-refractivity contribution in [2.75, 3.05) is 7.11 Å². The molecule has 5 aromatic heterocycles. The fourth-order valence-corrected chi connectivity index (χ4v) is 3.90. The summed E-state index contributed by atoms with van der Waals surface area (Å²) >= 11 is 0. The lowest BCUT2D eigenvalue weighted by Crippen LogP contribution is -1.89. The summed E-state index contributed by atoms with van der Waals surface area (Å²) in [6.07, 6.45) is 6.96. The number of aromatic amines is 3. The largest absolute Gasteiger partial charge is 0.497 e. The van der Waals surface area contributed by atoms with E-state index in [9.17, 15) is 4.39 Å². The minimum absolute atomic E-state index is 0.383. The van der Waals surface area contributed by atoms with Gasteiger partial charge >= 0.3 is 0 Å². The van der Waals surface area contributed by atoms with E-state index < -0.39 is 0 Å². The zero-order valence-corrected chi connectivity index (χ0v) is 16.8. The number of hydrogen-bond acceptors (Lipinski definition) is 5. The lowest BCUT2D eigenvalue weighted by molar-refractivity contribution is 0.411. The summed E-state index contributed by atoms with van der Waals surface area (Å²) in [4.78, 5) is 12.4. The number of hydrogen-bond donors (Lipinski definition) is 3. The minimum atomic E-state index is -0.383. The molecule has 3 N–H and O–H groups in total. The molecule has 0 saturated carbocycles. The second kappa shape index (κ2) is 7.02. The predicted molar refractivity (Wildman–Crippen MR) is 119 cm³/mol. The van der Waals surface area contributed by atoms with Gasteiger partial charge in [-0.2, -0.15) is 10.2 Å². The zero-order chi connectivity index (χ0) is 21.7. The van der Waals surface area contributed by atoms with Gasteiger partial charge in [0.25, 0.3) is 0 Å². The average molecular weight is 425 g/mol. The van der Waals surface area contributed by atoms with Crippen molar-refractivity contribution in [3.63, 3.8) is 0 Å². The van der Waals surface area contributed by atoms with Gasteiger partial charge in [-0.1, -0.05) is 0 Å². The number of aromatic nitrogens is 7. The minimum Gasteiger partial charge on any atom is -0.497 e.